The van der Waals surface area contributed by atoms with E-state index in [1.807, 2.05) is 36.4 Å². The maximum Gasteiger partial charge on any atom is 0.302 e. The van der Waals surface area contributed by atoms with Gasteiger partial charge in [-0.2, -0.15) is 0 Å². The van der Waals surface area contributed by atoms with Crippen molar-refractivity contribution >= 4 is 40.8 Å². The first-order valence-corrected chi connectivity index (χ1v) is 5.87. The van der Waals surface area contributed by atoms with Gasteiger partial charge in [-0.25, -0.2) is 0 Å². The van der Waals surface area contributed by atoms with Gasteiger partial charge in [-0.3, -0.25) is 4.79 Å². The Morgan fingerprint density at radius 2 is 1.31 bits per heavy atom. The van der Waals surface area contributed by atoms with E-state index >= 15 is 0 Å². The molecule has 1 rings (SSSR count). The molecule has 0 aliphatic rings. The molecular weight excluding hydrogens is 270 g/mol. The Balaban J connectivity index is 0. The molecule has 0 radical (unpaired) electrons. The lowest BCUT2D eigenvalue weighted by Gasteiger charge is -1.89. The lowest BCUT2D eigenvalue weighted by molar-refractivity contribution is -0.140. The molecule has 0 atom stereocenters. The minimum atomic E-state index is -0.750. The van der Waals surface area contributed by atoms with Crippen LogP contribution in [0.25, 0.3) is 0 Å². The number of benzene rings is 1. The zero-order valence-electron chi connectivity index (χ0n) is 9.20. The number of esters is 1. The fourth-order valence-corrected chi connectivity index (χ4v) is 0.588. The Morgan fingerprint density at radius 3 is 1.38 bits per heavy atom. The molecule has 0 amide bonds. The fraction of sp³-hybridized carbons (Fsp3) is 0.364. The van der Waals surface area contributed by atoms with E-state index in [4.69, 9.17) is 34.8 Å². The minimum absolute atomic E-state index is 0.211. The van der Waals surface area contributed by atoms with Gasteiger partial charge < -0.3 is 4.74 Å². The molecule has 0 aromatic heterocycles. The number of hydrogen-bond acceptors (Lipinski definition) is 2. The average Bonchev–Trinajstić information content (AvgIpc) is 2.20. The van der Waals surface area contributed by atoms with Gasteiger partial charge in [0.1, 0.15) is 0 Å². The molecule has 2 nitrogen and oxygen atoms in total. The van der Waals surface area contributed by atoms with Crippen molar-refractivity contribution in [1.29, 1.82) is 0 Å². The van der Waals surface area contributed by atoms with Gasteiger partial charge in [0, 0.05) is 6.92 Å². The van der Waals surface area contributed by atoms with Gasteiger partial charge in [0.05, 0.1) is 6.61 Å². The second-order valence-electron chi connectivity index (χ2n) is 2.33. The summed E-state index contributed by atoms with van der Waals surface area (Å²) in [7, 11) is 0. The highest BCUT2D eigenvalue weighted by molar-refractivity contribution is 6.63. The molecule has 0 saturated heterocycles. The monoisotopic (exact) mass is 284 g/mol. The van der Waals surface area contributed by atoms with Crippen molar-refractivity contribution in [2.24, 2.45) is 0 Å². The Hall–Kier alpha value is -0.440. The summed E-state index contributed by atoms with van der Waals surface area (Å²) >= 11 is 14.4. The van der Waals surface area contributed by atoms with Crippen LogP contribution in [0.2, 0.25) is 0 Å². The third-order valence-corrected chi connectivity index (χ3v) is 1.01. The summed E-state index contributed by atoms with van der Waals surface area (Å²) in [4.78, 5) is 9.82. The molecule has 0 aliphatic carbocycles. The van der Waals surface area contributed by atoms with Gasteiger partial charge in [0.2, 0.25) is 0 Å². The summed E-state index contributed by atoms with van der Waals surface area (Å²) in [6.07, 6.45) is 0. The van der Waals surface area contributed by atoms with Crippen LogP contribution in [0.3, 0.4) is 0 Å². The Kier molecular flexibility index (Phi) is 16.3. The average molecular weight is 286 g/mol. The highest BCUT2D eigenvalue weighted by Crippen LogP contribution is 2.03. The van der Waals surface area contributed by atoms with Crippen molar-refractivity contribution in [1.82, 2.24) is 0 Å². The number of alkyl halides is 3. The molecule has 0 aliphatic heterocycles. The molecule has 0 unspecified atom stereocenters. The third-order valence-electron chi connectivity index (χ3n) is 1.01. The van der Waals surface area contributed by atoms with Crippen LogP contribution in [-0.4, -0.2) is 16.9 Å². The molecule has 16 heavy (non-hydrogen) atoms. The molecular formula is C11H15Cl3O2. The second kappa shape index (κ2) is 14.6. The summed E-state index contributed by atoms with van der Waals surface area (Å²) in [6, 6.07) is 12.0. The van der Waals surface area contributed by atoms with Crippen LogP contribution >= 0.6 is 34.8 Å². The van der Waals surface area contributed by atoms with Crippen LogP contribution < -0.4 is 0 Å². The van der Waals surface area contributed by atoms with Crippen LogP contribution in [0.5, 0.6) is 0 Å². The summed E-state index contributed by atoms with van der Waals surface area (Å²) in [5.74, 6) is -0.211. The number of carbonyl (C=O) groups excluding carboxylic acids is 1. The van der Waals surface area contributed by atoms with Crippen molar-refractivity contribution in [3.05, 3.63) is 36.4 Å². The standard InChI is InChI=1S/C6H6.C4H8O2.CHCl3/c1-2-4-6-5-3-1;1-3-6-4(2)5;2-1(3)4/h1-6H;3H2,1-2H3;1H. The van der Waals surface area contributed by atoms with Gasteiger partial charge in [0.15, 0.2) is 4.30 Å². The zero-order chi connectivity index (χ0) is 12.8. The lowest BCUT2D eigenvalue weighted by atomic mass is 10.4. The first kappa shape index (κ1) is 17.9. The number of rotatable bonds is 1. The number of ether oxygens (including phenoxy) is 1. The van der Waals surface area contributed by atoms with E-state index in [-0.39, 0.29) is 5.97 Å². The topological polar surface area (TPSA) is 26.3 Å². The second-order valence-corrected chi connectivity index (χ2v) is 4.31. The van der Waals surface area contributed by atoms with Gasteiger partial charge >= 0.3 is 5.97 Å². The van der Waals surface area contributed by atoms with E-state index in [1.165, 1.54) is 6.92 Å². The zero-order valence-corrected chi connectivity index (χ0v) is 11.5. The molecule has 0 N–H and O–H groups in total. The molecule has 0 fully saturated rings. The van der Waals surface area contributed by atoms with Crippen molar-refractivity contribution < 1.29 is 9.53 Å². The van der Waals surface area contributed by atoms with E-state index < -0.39 is 4.30 Å². The SMILES string of the molecule is CCOC(C)=O.ClC(Cl)Cl.c1ccccc1. The Bertz CT molecular complexity index is 211. The number of halogens is 3. The van der Waals surface area contributed by atoms with Crippen molar-refractivity contribution in [2.75, 3.05) is 6.61 Å². The molecule has 1 aromatic rings. The van der Waals surface area contributed by atoms with Crippen LogP contribution in [0, 0.1) is 0 Å². The Morgan fingerprint density at radius 1 is 1.06 bits per heavy atom. The van der Waals surface area contributed by atoms with Crippen LogP contribution in [0.4, 0.5) is 0 Å². The quantitative estimate of drug-likeness (QED) is 0.570. The summed E-state index contributed by atoms with van der Waals surface area (Å²) in [6.45, 7) is 3.65. The smallest absolute Gasteiger partial charge is 0.302 e. The normalized spacial score (nSPS) is 8.12. The van der Waals surface area contributed by atoms with Crippen LogP contribution in [-0.2, 0) is 9.53 Å². The predicted octanol–water partition coefficient (Wildman–Crippen LogP) is 4.24. The maximum absolute atomic E-state index is 9.82. The van der Waals surface area contributed by atoms with Crippen LogP contribution in [0.1, 0.15) is 13.8 Å². The predicted molar refractivity (Wildman–Crippen MR) is 70.1 cm³/mol. The summed E-state index contributed by atoms with van der Waals surface area (Å²) < 4.78 is 3.65. The first-order valence-electron chi connectivity index (χ1n) is 4.56. The molecule has 0 bridgehead atoms. The number of hydrogen-bond donors (Lipinski definition) is 0. The molecule has 0 heterocycles. The minimum Gasteiger partial charge on any atom is -0.466 e. The van der Waals surface area contributed by atoms with Gasteiger partial charge in [-0.05, 0) is 6.92 Å². The summed E-state index contributed by atoms with van der Waals surface area (Å²) in [5.41, 5.74) is 0. The largest absolute Gasteiger partial charge is 0.466 e. The molecule has 0 spiro atoms. The van der Waals surface area contributed by atoms with E-state index in [2.05, 4.69) is 4.74 Å². The van der Waals surface area contributed by atoms with Crippen LogP contribution in [0.15, 0.2) is 36.4 Å². The fourth-order valence-electron chi connectivity index (χ4n) is 0.588. The Labute approximate surface area is 111 Å². The summed E-state index contributed by atoms with van der Waals surface area (Å²) in [5, 5.41) is 0. The highest BCUT2D eigenvalue weighted by Gasteiger charge is 1.81. The molecule has 5 heteroatoms. The first-order chi connectivity index (χ1) is 7.50. The number of carbonyl (C=O) groups is 1. The highest BCUT2D eigenvalue weighted by atomic mass is 35.6. The molecule has 1 aromatic carbocycles. The van der Waals surface area contributed by atoms with Gasteiger partial charge in [0.25, 0.3) is 0 Å². The third kappa shape index (κ3) is 29.2. The molecule has 0 saturated carbocycles. The van der Waals surface area contributed by atoms with E-state index in [0.717, 1.165) is 0 Å². The van der Waals surface area contributed by atoms with Gasteiger partial charge in [-0.15, -0.1) is 0 Å². The molecule has 92 valence electrons. The van der Waals surface area contributed by atoms with Gasteiger partial charge in [-0.1, -0.05) is 71.2 Å². The van der Waals surface area contributed by atoms with Crippen molar-refractivity contribution in [3.63, 3.8) is 0 Å². The van der Waals surface area contributed by atoms with E-state index in [1.54, 1.807) is 6.92 Å². The van der Waals surface area contributed by atoms with Crippen molar-refractivity contribution in [2.45, 2.75) is 18.1 Å². The lowest BCUT2D eigenvalue weighted by Crippen LogP contribution is -1.95. The van der Waals surface area contributed by atoms with Crippen molar-refractivity contribution in [3.8, 4) is 0 Å². The van der Waals surface area contributed by atoms with E-state index in [0.29, 0.717) is 6.61 Å². The van der Waals surface area contributed by atoms with E-state index in [9.17, 15) is 4.79 Å². The maximum atomic E-state index is 9.82.